The zero-order valence-electron chi connectivity index (χ0n) is 9.73. The van der Waals surface area contributed by atoms with E-state index in [2.05, 4.69) is 15.9 Å². The number of hydrogen-bond acceptors (Lipinski definition) is 2. The number of rotatable bonds is 3. The predicted molar refractivity (Wildman–Crippen MR) is 71.2 cm³/mol. The van der Waals surface area contributed by atoms with Gasteiger partial charge in [0.1, 0.15) is 17.7 Å². The lowest BCUT2D eigenvalue weighted by Crippen LogP contribution is -2.03. The summed E-state index contributed by atoms with van der Waals surface area (Å²) in [5, 5.41) is 10.3. The highest BCUT2D eigenvalue weighted by molar-refractivity contribution is 9.10. The number of halogens is 2. The standard InChI is InChI=1S/C14H12BrFO2/c1-18-13-6-5-11(16)8-12(13)14(17)9-3-2-4-10(15)7-9/h2-8,14,17H,1H3. The summed E-state index contributed by atoms with van der Waals surface area (Å²) >= 11 is 3.34. The second-order valence-corrected chi connectivity index (χ2v) is 4.76. The van der Waals surface area contributed by atoms with Crippen molar-refractivity contribution in [2.24, 2.45) is 0 Å². The molecule has 0 radical (unpaired) electrons. The third-order valence-corrected chi connectivity index (χ3v) is 3.14. The van der Waals surface area contributed by atoms with Crippen molar-refractivity contribution in [2.45, 2.75) is 6.10 Å². The molecular weight excluding hydrogens is 299 g/mol. The number of benzene rings is 2. The van der Waals surface area contributed by atoms with Crippen LogP contribution in [0, 0.1) is 5.82 Å². The lowest BCUT2D eigenvalue weighted by Gasteiger charge is -2.15. The van der Waals surface area contributed by atoms with Crippen LogP contribution < -0.4 is 4.74 Å². The Morgan fingerprint density at radius 3 is 2.67 bits per heavy atom. The molecule has 0 aliphatic rings. The van der Waals surface area contributed by atoms with Crippen LogP contribution in [-0.2, 0) is 0 Å². The van der Waals surface area contributed by atoms with Crippen molar-refractivity contribution in [2.75, 3.05) is 7.11 Å². The van der Waals surface area contributed by atoms with E-state index in [4.69, 9.17) is 4.74 Å². The maximum atomic E-state index is 13.3. The Morgan fingerprint density at radius 1 is 1.22 bits per heavy atom. The van der Waals surface area contributed by atoms with E-state index in [-0.39, 0.29) is 0 Å². The van der Waals surface area contributed by atoms with Crippen LogP contribution in [0.15, 0.2) is 46.9 Å². The van der Waals surface area contributed by atoms with Crippen LogP contribution in [-0.4, -0.2) is 12.2 Å². The molecule has 18 heavy (non-hydrogen) atoms. The van der Waals surface area contributed by atoms with Crippen LogP contribution in [0.3, 0.4) is 0 Å². The smallest absolute Gasteiger partial charge is 0.125 e. The van der Waals surface area contributed by atoms with Crippen LogP contribution >= 0.6 is 15.9 Å². The van der Waals surface area contributed by atoms with Gasteiger partial charge in [0.25, 0.3) is 0 Å². The lowest BCUT2D eigenvalue weighted by molar-refractivity contribution is 0.214. The molecule has 2 aromatic rings. The molecule has 2 rings (SSSR count). The highest BCUT2D eigenvalue weighted by Crippen LogP contribution is 2.31. The van der Waals surface area contributed by atoms with E-state index in [1.807, 2.05) is 12.1 Å². The molecule has 0 saturated heterocycles. The summed E-state index contributed by atoms with van der Waals surface area (Å²) < 4.78 is 19.3. The fraction of sp³-hybridized carbons (Fsp3) is 0.143. The molecule has 1 atom stereocenters. The Labute approximate surface area is 113 Å². The zero-order valence-corrected chi connectivity index (χ0v) is 11.3. The van der Waals surface area contributed by atoms with Gasteiger partial charge in [-0.1, -0.05) is 28.1 Å². The first kappa shape index (κ1) is 13.1. The summed E-state index contributed by atoms with van der Waals surface area (Å²) in [6, 6.07) is 11.3. The highest BCUT2D eigenvalue weighted by atomic mass is 79.9. The molecule has 1 N–H and O–H groups in total. The van der Waals surface area contributed by atoms with Crippen molar-refractivity contribution in [3.8, 4) is 5.75 Å². The maximum absolute atomic E-state index is 13.3. The van der Waals surface area contributed by atoms with Gasteiger partial charge in [0.05, 0.1) is 7.11 Å². The van der Waals surface area contributed by atoms with Gasteiger partial charge in [-0.3, -0.25) is 0 Å². The van der Waals surface area contributed by atoms with Gasteiger partial charge in [-0.05, 0) is 35.9 Å². The molecule has 1 unspecified atom stereocenters. The molecule has 0 bridgehead atoms. The minimum atomic E-state index is -0.923. The van der Waals surface area contributed by atoms with E-state index in [1.165, 1.54) is 25.3 Å². The molecule has 0 aliphatic carbocycles. The Hall–Kier alpha value is -1.39. The Bertz CT molecular complexity index is 557. The van der Waals surface area contributed by atoms with Gasteiger partial charge >= 0.3 is 0 Å². The lowest BCUT2D eigenvalue weighted by atomic mass is 10.0. The second kappa shape index (κ2) is 5.50. The Balaban J connectivity index is 2.44. The van der Waals surface area contributed by atoms with Crippen LogP contribution in [0.5, 0.6) is 5.75 Å². The van der Waals surface area contributed by atoms with E-state index < -0.39 is 11.9 Å². The first-order valence-corrected chi connectivity index (χ1v) is 6.18. The zero-order chi connectivity index (χ0) is 13.1. The van der Waals surface area contributed by atoms with Crippen LogP contribution in [0.4, 0.5) is 4.39 Å². The van der Waals surface area contributed by atoms with Crippen molar-refractivity contribution < 1.29 is 14.2 Å². The monoisotopic (exact) mass is 310 g/mol. The summed E-state index contributed by atoms with van der Waals surface area (Å²) in [5.41, 5.74) is 1.09. The number of ether oxygens (including phenoxy) is 1. The van der Waals surface area contributed by atoms with Crippen LogP contribution in [0.1, 0.15) is 17.2 Å². The molecule has 0 spiro atoms. The normalized spacial score (nSPS) is 12.2. The molecule has 0 fully saturated rings. The molecular formula is C14H12BrFO2. The topological polar surface area (TPSA) is 29.5 Å². The summed E-state index contributed by atoms with van der Waals surface area (Å²) in [5.74, 6) is 0.0590. The number of aliphatic hydroxyl groups is 1. The van der Waals surface area contributed by atoms with E-state index in [0.717, 1.165) is 4.47 Å². The van der Waals surface area contributed by atoms with Gasteiger partial charge in [0.15, 0.2) is 0 Å². The third kappa shape index (κ3) is 2.71. The fourth-order valence-corrected chi connectivity index (χ4v) is 2.19. The van der Waals surface area contributed by atoms with Crippen molar-refractivity contribution in [1.29, 1.82) is 0 Å². The Kier molecular flexibility index (Phi) is 3.99. The highest BCUT2D eigenvalue weighted by Gasteiger charge is 2.16. The molecule has 94 valence electrons. The fourth-order valence-electron chi connectivity index (χ4n) is 1.78. The van der Waals surface area contributed by atoms with Gasteiger partial charge in [-0.15, -0.1) is 0 Å². The molecule has 0 aliphatic heterocycles. The van der Waals surface area contributed by atoms with Gasteiger partial charge < -0.3 is 9.84 Å². The molecule has 0 saturated carbocycles. The first-order valence-electron chi connectivity index (χ1n) is 5.39. The maximum Gasteiger partial charge on any atom is 0.125 e. The van der Waals surface area contributed by atoms with Crippen molar-refractivity contribution in [1.82, 2.24) is 0 Å². The summed E-state index contributed by atoms with van der Waals surface area (Å²) in [6.07, 6.45) is -0.923. The molecule has 0 aromatic heterocycles. The van der Waals surface area contributed by atoms with Gasteiger partial charge in [0.2, 0.25) is 0 Å². The van der Waals surface area contributed by atoms with Gasteiger partial charge in [-0.2, -0.15) is 0 Å². The Morgan fingerprint density at radius 2 is 2.00 bits per heavy atom. The molecule has 4 heteroatoms. The van der Waals surface area contributed by atoms with Gasteiger partial charge in [-0.25, -0.2) is 4.39 Å². The summed E-state index contributed by atoms with van der Waals surface area (Å²) in [7, 11) is 1.49. The minimum absolute atomic E-state index is 0.403. The van der Waals surface area contributed by atoms with Crippen LogP contribution in [0.25, 0.3) is 0 Å². The van der Waals surface area contributed by atoms with Gasteiger partial charge in [0, 0.05) is 10.0 Å². The average Bonchev–Trinajstić information content (AvgIpc) is 2.38. The molecule has 0 heterocycles. The summed E-state index contributed by atoms with van der Waals surface area (Å²) in [6.45, 7) is 0. The van der Waals surface area contributed by atoms with Crippen molar-refractivity contribution in [3.05, 3.63) is 63.9 Å². The largest absolute Gasteiger partial charge is 0.496 e. The minimum Gasteiger partial charge on any atom is -0.496 e. The third-order valence-electron chi connectivity index (χ3n) is 2.65. The second-order valence-electron chi connectivity index (χ2n) is 3.84. The van der Waals surface area contributed by atoms with E-state index in [0.29, 0.717) is 16.9 Å². The molecule has 0 amide bonds. The quantitative estimate of drug-likeness (QED) is 0.937. The SMILES string of the molecule is COc1ccc(F)cc1C(O)c1cccc(Br)c1. The number of aliphatic hydroxyl groups excluding tert-OH is 1. The number of methoxy groups -OCH3 is 1. The molecule has 2 aromatic carbocycles. The summed E-state index contributed by atoms with van der Waals surface area (Å²) in [4.78, 5) is 0. The van der Waals surface area contributed by atoms with Crippen molar-refractivity contribution in [3.63, 3.8) is 0 Å². The van der Waals surface area contributed by atoms with E-state index >= 15 is 0 Å². The number of hydrogen-bond donors (Lipinski definition) is 1. The average molecular weight is 311 g/mol. The first-order chi connectivity index (χ1) is 8.61. The molecule has 2 nitrogen and oxygen atoms in total. The van der Waals surface area contributed by atoms with E-state index in [9.17, 15) is 9.50 Å². The predicted octanol–water partition coefficient (Wildman–Crippen LogP) is 3.68. The van der Waals surface area contributed by atoms with E-state index in [1.54, 1.807) is 12.1 Å². The van der Waals surface area contributed by atoms with Crippen LogP contribution in [0.2, 0.25) is 0 Å². The van der Waals surface area contributed by atoms with Crippen molar-refractivity contribution >= 4 is 15.9 Å².